The van der Waals surface area contributed by atoms with E-state index in [-0.39, 0.29) is 11.8 Å². The fourth-order valence-electron chi connectivity index (χ4n) is 3.44. The molecule has 7 heteroatoms. The van der Waals surface area contributed by atoms with Crippen LogP contribution in [-0.4, -0.2) is 61.1 Å². The summed E-state index contributed by atoms with van der Waals surface area (Å²) in [5.41, 5.74) is 1.14. The lowest BCUT2D eigenvalue weighted by Gasteiger charge is -2.32. The molecule has 0 unspecified atom stereocenters. The van der Waals surface area contributed by atoms with Gasteiger partial charge in [0.25, 0.3) is 0 Å². The van der Waals surface area contributed by atoms with Gasteiger partial charge in [-0.1, -0.05) is 0 Å². The first-order valence-electron chi connectivity index (χ1n) is 9.70. The van der Waals surface area contributed by atoms with Crippen LogP contribution in [-0.2, 0) is 11.3 Å². The Morgan fingerprint density at radius 1 is 1.25 bits per heavy atom. The zero-order valence-electron chi connectivity index (χ0n) is 16.9. The van der Waals surface area contributed by atoms with Crippen LogP contribution in [0.4, 0.5) is 0 Å². The number of nitrogens with zero attached hydrogens (tertiary/aromatic N) is 3. The molecule has 1 saturated heterocycles. The quantitative estimate of drug-likeness (QED) is 0.677. The standard InChI is InChI=1S/C21H29N3O3S/c1-16-22-18(15-28-16)14-24-10-8-17(9-11-24)21(25)23(2)12-13-27-20-6-4-19(26-3)5-7-20/h4-7,15,17H,8-14H2,1-3H3. The molecule has 28 heavy (non-hydrogen) atoms. The average Bonchev–Trinajstić information content (AvgIpc) is 3.13. The molecule has 0 atom stereocenters. The minimum Gasteiger partial charge on any atom is -0.497 e. The van der Waals surface area contributed by atoms with Gasteiger partial charge >= 0.3 is 0 Å². The Hall–Kier alpha value is -2.12. The van der Waals surface area contributed by atoms with Crippen LogP contribution in [0, 0.1) is 12.8 Å². The monoisotopic (exact) mass is 403 g/mol. The topological polar surface area (TPSA) is 54.9 Å². The number of benzene rings is 1. The molecule has 0 saturated carbocycles. The summed E-state index contributed by atoms with van der Waals surface area (Å²) in [4.78, 5) is 21.4. The minimum absolute atomic E-state index is 0.111. The van der Waals surface area contributed by atoms with Gasteiger partial charge in [0.05, 0.1) is 24.4 Å². The Morgan fingerprint density at radius 2 is 1.93 bits per heavy atom. The lowest BCUT2D eigenvalue weighted by molar-refractivity contribution is -0.136. The van der Waals surface area contributed by atoms with Crippen molar-refractivity contribution in [1.29, 1.82) is 0 Å². The SMILES string of the molecule is COc1ccc(OCCN(C)C(=O)C2CCN(Cc3csc(C)n3)CC2)cc1. The molecule has 2 aromatic rings. The Kier molecular flexibility index (Phi) is 7.28. The molecule has 0 N–H and O–H groups in total. The largest absolute Gasteiger partial charge is 0.497 e. The van der Waals surface area contributed by atoms with Gasteiger partial charge in [-0.25, -0.2) is 4.98 Å². The zero-order chi connectivity index (χ0) is 19.9. The maximum atomic E-state index is 12.7. The molecule has 1 fully saturated rings. The van der Waals surface area contributed by atoms with E-state index in [2.05, 4.69) is 15.3 Å². The van der Waals surface area contributed by atoms with Crippen LogP contribution in [0.15, 0.2) is 29.6 Å². The van der Waals surface area contributed by atoms with E-state index in [1.165, 1.54) is 0 Å². The highest BCUT2D eigenvalue weighted by Crippen LogP contribution is 2.22. The maximum absolute atomic E-state index is 12.7. The number of aryl methyl sites for hydroxylation is 1. The fraction of sp³-hybridized carbons (Fsp3) is 0.524. The highest BCUT2D eigenvalue weighted by molar-refractivity contribution is 7.09. The van der Waals surface area contributed by atoms with Crippen molar-refractivity contribution in [1.82, 2.24) is 14.8 Å². The molecule has 1 aliphatic rings. The second-order valence-electron chi connectivity index (χ2n) is 7.19. The molecule has 0 aliphatic carbocycles. The summed E-state index contributed by atoms with van der Waals surface area (Å²) >= 11 is 1.69. The zero-order valence-corrected chi connectivity index (χ0v) is 17.7. The van der Waals surface area contributed by atoms with E-state index in [0.717, 1.165) is 54.7 Å². The number of likely N-dealkylation sites (tertiary alicyclic amines) is 1. The number of likely N-dealkylation sites (N-methyl/N-ethyl adjacent to an activating group) is 1. The van der Waals surface area contributed by atoms with E-state index in [0.29, 0.717) is 13.2 Å². The van der Waals surface area contributed by atoms with Crippen LogP contribution in [0.1, 0.15) is 23.5 Å². The smallest absolute Gasteiger partial charge is 0.225 e. The summed E-state index contributed by atoms with van der Waals surface area (Å²) in [6.07, 6.45) is 1.82. The maximum Gasteiger partial charge on any atom is 0.225 e. The van der Waals surface area contributed by atoms with Gasteiger partial charge in [0.1, 0.15) is 18.1 Å². The van der Waals surface area contributed by atoms with Crippen molar-refractivity contribution in [3.05, 3.63) is 40.3 Å². The van der Waals surface area contributed by atoms with E-state index < -0.39 is 0 Å². The molecule has 0 radical (unpaired) electrons. The van der Waals surface area contributed by atoms with Crippen molar-refractivity contribution in [2.45, 2.75) is 26.3 Å². The summed E-state index contributed by atoms with van der Waals surface area (Å²) in [6.45, 7) is 5.89. The van der Waals surface area contributed by atoms with Gasteiger partial charge < -0.3 is 14.4 Å². The van der Waals surface area contributed by atoms with Crippen LogP contribution in [0.25, 0.3) is 0 Å². The molecule has 1 amide bonds. The number of aromatic nitrogens is 1. The average molecular weight is 404 g/mol. The molecule has 152 valence electrons. The summed E-state index contributed by atoms with van der Waals surface area (Å²) in [5, 5.41) is 3.24. The number of amides is 1. The van der Waals surface area contributed by atoms with E-state index in [4.69, 9.17) is 9.47 Å². The van der Waals surface area contributed by atoms with E-state index >= 15 is 0 Å². The number of carbonyl (C=O) groups is 1. The molecule has 3 rings (SSSR count). The van der Waals surface area contributed by atoms with Gasteiger partial charge in [-0.05, 0) is 57.1 Å². The third kappa shape index (κ3) is 5.69. The van der Waals surface area contributed by atoms with Gasteiger partial charge in [-0.2, -0.15) is 0 Å². The molecular weight excluding hydrogens is 374 g/mol. The highest BCUT2D eigenvalue weighted by atomic mass is 32.1. The third-order valence-corrected chi connectivity index (χ3v) is 5.94. The number of piperidine rings is 1. The molecular formula is C21H29N3O3S. The first-order valence-corrected chi connectivity index (χ1v) is 10.6. The van der Waals surface area contributed by atoms with Crippen LogP contribution in [0.3, 0.4) is 0 Å². The van der Waals surface area contributed by atoms with Crippen molar-refractivity contribution in [3.8, 4) is 11.5 Å². The molecule has 1 aromatic carbocycles. The Morgan fingerprint density at radius 3 is 2.54 bits per heavy atom. The number of hydrogen-bond donors (Lipinski definition) is 0. The number of ether oxygens (including phenoxy) is 2. The van der Waals surface area contributed by atoms with Crippen LogP contribution in [0.2, 0.25) is 0 Å². The Labute approximate surface area is 171 Å². The minimum atomic E-state index is 0.111. The number of hydrogen-bond acceptors (Lipinski definition) is 6. The van der Waals surface area contributed by atoms with Crippen molar-refractivity contribution in [2.75, 3.05) is 40.4 Å². The predicted molar refractivity (Wildman–Crippen MR) is 111 cm³/mol. The van der Waals surface area contributed by atoms with Crippen molar-refractivity contribution >= 4 is 17.2 Å². The van der Waals surface area contributed by atoms with E-state index in [9.17, 15) is 4.79 Å². The first-order chi connectivity index (χ1) is 13.5. The molecule has 1 aromatic heterocycles. The van der Waals surface area contributed by atoms with Gasteiger partial charge in [0.15, 0.2) is 0 Å². The second kappa shape index (κ2) is 9.89. The number of thiazole rings is 1. The van der Waals surface area contributed by atoms with E-state index in [1.807, 2.05) is 38.2 Å². The molecule has 1 aliphatic heterocycles. The summed E-state index contributed by atoms with van der Waals surface area (Å²) < 4.78 is 10.9. The summed E-state index contributed by atoms with van der Waals surface area (Å²) in [6, 6.07) is 7.48. The van der Waals surface area contributed by atoms with Crippen molar-refractivity contribution < 1.29 is 14.3 Å². The number of rotatable bonds is 8. The van der Waals surface area contributed by atoms with Gasteiger partial charge in [0.2, 0.25) is 5.91 Å². The Balaban J connectivity index is 1.37. The van der Waals surface area contributed by atoms with Gasteiger partial charge in [0, 0.05) is 24.9 Å². The molecule has 2 heterocycles. The van der Waals surface area contributed by atoms with Crippen LogP contribution >= 0.6 is 11.3 Å². The van der Waals surface area contributed by atoms with Crippen LogP contribution in [0.5, 0.6) is 11.5 Å². The highest BCUT2D eigenvalue weighted by Gasteiger charge is 2.27. The molecule has 0 spiro atoms. The second-order valence-corrected chi connectivity index (χ2v) is 8.25. The predicted octanol–water partition coefficient (Wildman–Crippen LogP) is 3.21. The van der Waals surface area contributed by atoms with Crippen molar-refractivity contribution in [2.24, 2.45) is 5.92 Å². The van der Waals surface area contributed by atoms with Gasteiger partial charge in [-0.3, -0.25) is 9.69 Å². The van der Waals surface area contributed by atoms with Crippen LogP contribution < -0.4 is 9.47 Å². The lowest BCUT2D eigenvalue weighted by atomic mass is 9.95. The number of methoxy groups -OCH3 is 1. The van der Waals surface area contributed by atoms with Crippen molar-refractivity contribution in [3.63, 3.8) is 0 Å². The lowest BCUT2D eigenvalue weighted by Crippen LogP contribution is -2.42. The fourth-order valence-corrected chi connectivity index (χ4v) is 4.05. The summed E-state index contributed by atoms with van der Waals surface area (Å²) in [7, 11) is 3.50. The number of carbonyl (C=O) groups excluding carboxylic acids is 1. The van der Waals surface area contributed by atoms with Gasteiger partial charge in [-0.15, -0.1) is 11.3 Å². The normalized spacial score (nSPS) is 15.4. The Bertz CT molecular complexity index is 755. The first kappa shape index (κ1) is 20.6. The molecule has 0 bridgehead atoms. The van der Waals surface area contributed by atoms with E-state index in [1.54, 1.807) is 23.3 Å². The summed E-state index contributed by atoms with van der Waals surface area (Å²) in [5.74, 6) is 1.92. The third-order valence-electron chi connectivity index (χ3n) is 5.12. The molecule has 6 nitrogen and oxygen atoms in total.